The summed E-state index contributed by atoms with van der Waals surface area (Å²) in [6.45, 7) is 2.58. The molecule has 1 atom stereocenters. The van der Waals surface area contributed by atoms with E-state index in [0.29, 0.717) is 29.5 Å². The van der Waals surface area contributed by atoms with Crippen LogP contribution in [0.5, 0.6) is 0 Å². The SMILES string of the molecule is CCC(CCNC(=O)c1cccc(Cl)c1)CCC(=O)O. The number of nitrogens with one attached hydrogen (secondary N) is 1. The molecule has 2 N–H and O–H groups in total. The molecule has 1 aromatic rings. The van der Waals surface area contributed by atoms with Crippen molar-refractivity contribution in [2.75, 3.05) is 6.54 Å². The van der Waals surface area contributed by atoms with Crippen molar-refractivity contribution in [3.63, 3.8) is 0 Å². The van der Waals surface area contributed by atoms with E-state index in [1.165, 1.54) is 0 Å². The lowest BCUT2D eigenvalue weighted by Gasteiger charge is -2.14. The Hall–Kier alpha value is -1.55. The van der Waals surface area contributed by atoms with E-state index in [1.54, 1.807) is 24.3 Å². The van der Waals surface area contributed by atoms with E-state index in [2.05, 4.69) is 5.32 Å². The number of carbonyl (C=O) groups excluding carboxylic acids is 1. The van der Waals surface area contributed by atoms with Crippen LogP contribution in [0.1, 0.15) is 43.0 Å². The quantitative estimate of drug-likeness (QED) is 0.773. The van der Waals surface area contributed by atoms with Gasteiger partial charge in [0, 0.05) is 23.6 Å². The number of hydrogen-bond acceptors (Lipinski definition) is 2. The van der Waals surface area contributed by atoms with Crippen molar-refractivity contribution in [2.24, 2.45) is 5.92 Å². The Balaban J connectivity index is 2.35. The van der Waals surface area contributed by atoms with Gasteiger partial charge < -0.3 is 10.4 Å². The third-order valence-electron chi connectivity index (χ3n) is 3.27. The summed E-state index contributed by atoms with van der Waals surface area (Å²) in [6.07, 6.45) is 2.54. The van der Waals surface area contributed by atoms with Crippen molar-refractivity contribution in [3.8, 4) is 0 Å². The molecule has 0 heterocycles. The van der Waals surface area contributed by atoms with Crippen LogP contribution in [0.3, 0.4) is 0 Å². The number of carboxylic acid groups (broad SMARTS) is 1. The number of amides is 1. The molecule has 1 rings (SSSR count). The van der Waals surface area contributed by atoms with Crippen LogP contribution >= 0.6 is 11.6 Å². The summed E-state index contributed by atoms with van der Waals surface area (Å²) >= 11 is 5.83. The Kier molecular flexibility index (Phi) is 7.09. The van der Waals surface area contributed by atoms with Crippen molar-refractivity contribution in [1.82, 2.24) is 5.32 Å². The van der Waals surface area contributed by atoms with Gasteiger partial charge in [0.05, 0.1) is 0 Å². The summed E-state index contributed by atoms with van der Waals surface area (Å²) in [5, 5.41) is 12.0. The minimum atomic E-state index is -0.772. The average Bonchev–Trinajstić information content (AvgIpc) is 2.42. The smallest absolute Gasteiger partial charge is 0.303 e. The molecule has 110 valence electrons. The van der Waals surface area contributed by atoms with Crippen LogP contribution in [0.25, 0.3) is 0 Å². The molecule has 1 aromatic carbocycles. The molecule has 5 heteroatoms. The summed E-state index contributed by atoms with van der Waals surface area (Å²) in [6, 6.07) is 6.79. The molecule has 4 nitrogen and oxygen atoms in total. The number of carbonyl (C=O) groups is 2. The fourth-order valence-corrected chi connectivity index (χ4v) is 2.19. The van der Waals surface area contributed by atoms with Crippen molar-refractivity contribution in [1.29, 1.82) is 0 Å². The summed E-state index contributed by atoms with van der Waals surface area (Å²) in [7, 11) is 0. The first-order chi connectivity index (χ1) is 9.52. The lowest BCUT2D eigenvalue weighted by atomic mass is 9.96. The van der Waals surface area contributed by atoms with Gasteiger partial charge in [-0.2, -0.15) is 0 Å². The van der Waals surface area contributed by atoms with Gasteiger partial charge in [0.1, 0.15) is 0 Å². The lowest BCUT2D eigenvalue weighted by molar-refractivity contribution is -0.137. The predicted octanol–water partition coefficient (Wildman–Crippen LogP) is 3.35. The molecule has 0 saturated carbocycles. The third-order valence-corrected chi connectivity index (χ3v) is 3.50. The molecule has 0 spiro atoms. The van der Waals surface area contributed by atoms with Gasteiger partial charge >= 0.3 is 5.97 Å². The van der Waals surface area contributed by atoms with Gasteiger partial charge in [0.25, 0.3) is 5.91 Å². The molecule has 0 aliphatic heterocycles. The molecule has 0 bridgehead atoms. The zero-order chi connectivity index (χ0) is 15.0. The third kappa shape index (κ3) is 6.06. The normalized spacial score (nSPS) is 11.9. The van der Waals surface area contributed by atoms with Crippen LogP contribution in [-0.2, 0) is 4.79 Å². The first kappa shape index (κ1) is 16.5. The van der Waals surface area contributed by atoms with Crippen LogP contribution in [0, 0.1) is 5.92 Å². The van der Waals surface area contributed by atoms with Crippen molar-refractivity contribution >= 4 is 23.5 Å². The number of halogens is 1. The fourth-order valence-electron chi connectivity index (χ4n) is 2.00. The lowest BCUT2D eigenvalue weighted by Crippen LogP contribution is -2.26. The second kappa shape index (κ2) is 8.59. The molecule has 0 aromatic heterocycles. The molecule has 1 amide bonds. The van der Waals surface area contributed by atoms with Crippen LogP contribution in [0.4, 0.5) is 0 Å². The number of rotatable bonds is 8. The highest BCUT2D eigenvalue weighted by Crippen LogP contribution is 2.15. The van der Waals surface area contributed by atoms with E-state index in [-0.39, 0.29) is 12.3 Å². The van der Waals surface area contributed by atoms with Crippen LogP contribution in [-0.4, -0.2) is 23.5 Å². The number of aliphatic carboxylic acids is 1. The van der Waals surface area contributed by atoms with Crippen molar-refractivity contribution in [2.45, 2.75) is 32.6 Å². The van der Waals surface area contributed by atoms with Gasteiger partial charge in [-0.1, -0.05) is 31.0 Å². The summed E-state index contributed by atoms with van der Waals surface area (Å²) < 4.78 is 0. The van der Waals surface area contributed by atoms with Crippen LogP contribution < -0.4 is 5.32 Å². The average molecular weight is 298 g/mol. The minimum Gasteiger partial charge on any atom is -0.481 e. The van der Waals surface area contributed by atoms with E-state index in [0.717, 1.165) is 12.8 Å². The highest BCUT2D eigenvalue weighted by atomic mass is 35.5. The minimum absolute atomic E-state index is 0.152. The Morgan fingerprint density at radius 3 is 2.70 bits per heavy atom. The first-order valence-corrected chi connectivity index (χ1v) is 7.16. The van der Waals surface area contributed by atoms with Crippen LogP contribution in [0.15, 0.2) is 24.3 Å². The second-order valence-electron chi connectivity index (χ2n) is 4.76. The highest BCUT2D eigenvalue weighted by Gasteiger charge is 2.10. The Morgan fingerprint density at radius 2 is 2.10 bits per heavy atom. The molecular weight excluding hydrogens is 278 g/mol. The molecule has 20 heavy (non-hydrogen) atoms. The zero-order valence-electron chi connectivity index (χ0n) is 11.6. The summed E-state index contributed by atoms with van der Waals surface area (Å²) in [5.41, 5.74) is 0.538. The Labute approximate surface area is 124 Å². The Morgan fingerprint density at radius 1 is 1.35 bits per heavy atom. The number of benzene rings is 1. The summed E-state index contributed by atoms with van der Waals surface area (Å²) in [4.78, 5) is 22.4. The molecular formula is C15H20ClNO3. The van der Waals surface area contributed by atoms with E-state index < -0.39 is 5.97 Å². The molecule has 0 radical (unpaired) electrons. The van der Waals surface area contributed by atoms with E-state index in [9.17, 15) is 9.59 Å². The van der Waals surface area contributed by atoms with Gasteiger partial charge in [-0.3, -0.25) is 9.59 Å². The molecule has 0 fully saturated rings. The van der Waals surface area contributed by atoms with Gasteiger partial charge in [0.2, 0.25) is 0 Å². The standard InChI is InChI=1S/C15H20ClNO3/c1-2-11(6-7-14(18)19)8-9-17-15(20)12-4-3-5-13(16)10-12/h3-5,10-11H,2,6-9H2,1H3,(H,17,20)(H,18,19). The van der Waals surface area contributed by atoms with E-state index in [1.807, 2.05) is 6.92 Å². The maximum absolute atomic E-state index is 11.9. The maximum atomic E-state index is 11.9. The van der Waals surface area contributed by atoms with Gasteiger partial charge in [-0.05, 0) is 37.0 Å². The van der Waals surface area contributed by atoms with Crippen LogP contribution in [0.2, 0.25) is 5.02 Å². The van der Waals surface area contributed by atoms with Gasteiger partial charge in [-0.15, -0.1) is 0 Å². The van der Waals surface area contributed by atoms with E-state index >= 15 is 0 Å². The first-order valence-electron chi connectivity index (χ1n) is 6.78. The topological polar surface area (TPSA) is 66.4 Å². The largest absolute Gasteiger partial charge is 0.481 e. The molecule has 0 saturated heterocycles. The second-order valence-corrected chi connectivity index (χ2v) is 5.20. The number of carboxylic acids is 1. The predicted molar refractivity (Wildman–Crippen MR) is 79.1 cm³/mol. The van der Waals surface area contributed by atoms with Crippen molar-refractivity contribution in [3.05, 3.63) is 34.9 Å². The fraction of sp³-hybridized carbons (Fsp3) is 0.467. The van der Waals surface area contributed by atoms with Gasteiger partial charge in [-0.25, -0.2) is 0 Å². The Bertz CT molecular complexity index is 462. The van der Waals surface area contributed by atoms with Crippen molar-refractivity contribution < 1.29 is 14.7 Å². The zero-order valence-corrected chi connectivity index (χ0v) is 12.3. The molecule has 0 aliphatic carbocycles. The molecule has 1 unspecified atom stereocenters. The van der Waals surface area contributed by atoms with E-state index in [4.69, 9.17) is 16.7 Å². The molecule has 0 aliphatic rings. The maximum Gasteiger partial charge on any atom is 0.303 e. The van der Waals surface area contributed by atoms with Gasteiger partial charge in [0.15, 0.2) is 0 Å². The summed E-state index contributed by atoms with van der Waals surface area (Å²) in [5.74, 6) is -0.599. The number of hydrogen-bond donors (Lipinski definition) is 2. The monoisotopic (exact) mass is 297 g/mol. The highest BCUT2D eigenvalue weighted by molar-refractivity contribution is 6.30.